The Morgan fingerprint density at radius 3 is 2.33 bits per heavy atom. The maximum atomic E-state index is 13.8. The number of carbonyl (C=O) groups is 2. The molecule has 1 aromatic rings. The Balaban J connectivity index is 2.03. The Labute approximate surface area is 178 Å². The fourth-order valence-corrected chi connectivity index (χ4v) is 6.36. The first-order chi connectivity index (χ1) is 14.0. The molecule has 0 spiro atoms. The Morgan fingerprint density at radius 1 is 1.10 bits per heavy atom. The summed E-state index contributed by atoms with van der Waals surface area (Å²) in [5.41, 5.74) is 2.40. The maximum absolute atomic E-state index is 13.8. The minimum Gasteiger partial charge on any atom is -0.508 e. The summed E-state index contributed by atoms with van der Waals surface area (Å²) in [6.07, 6.45) is 3.84. The Kier molecular flexibility index (Phi) is 6.05. The number of hydrogen-bond donors (Lipinski definition) is 4. The van der Waals surface area contributed by atoms with Crippen molar-refractivity contribution in [2.45, 2.75) is 59.4 Å². The van der Waals surface area contributed by atoms with Crippen LogP contribution in [0.4, 0.5) is 4.79 Å². The number of phenols is 2. The minimum absolute atomic E-state index is 0.0320. The molecule has 30 heavy (non-hydrogen) atoms. The largest absolute Gasteiger partial charge is 0.508 e. The van der Waals surface area contributed by atoms with Gasteiger partial charge in [0.25, 0.3) is 0 Å². The first-order valence-electron chi connectivity index (χ1n) is 10.7. The monoisotopic (exact) mass is 418 g/mol. The topological polar surface area (TPSA) is 108 Å². The van der Waals surface area contributed by atoms with Crippen molar-refractivity contribution in [2.24, 2.45) is 28.6 Å². The highest BCUT2D eigenvalue weighted by Crippen LogP contribution is 2.61. The fourth-order valence-electron chi connectivity index (χ4n) is 6.36. The van der Waals surface area contributed by atoms with Gasteiger partial charge in [-0.25, -0.2) is 10.3 Å². The molecular weight excluding hydrogens is 384 g/mol. The zero-order valence-electron chi connectivity index (χ0n) is 18.5. The second-order valence-corrected chi connectivity index (χ2v) is 9.96. The molecule has 2 saturated carbocycles. The summed E-state index contributed by atoms with van der Waals surface area (Å²) in [7, 11) is 1.38. The number of ketones is 1. The van der Waals surface area contributed by atoms with Crippen LogP contribution in [0.3, 0.4) is 0 Å². The lowest BCUT2D eigenvalue weighted by molar-refractivity contribution is -0.0902. The van der Waals surface area contributed by atoms with Gasteiger partial charge in [0.15, 0.2) is 5.78 Å². The number of Topliss-reactive ketones (excluding diaryl/α,β-unsaturated/α-hetero) is 1. The SMILES string of the molecule is CONC(=O)N[C@@H]1C[C@H]2C(C)(C)CCC[C@]2(C)[C@@H](C(=O)c2cc(O)cc(O)c2)[C@@H]1C. The second kappa shape index (κ2) is 8.10. The summed E-state index contributed by atoms with van der Waals surface area (Å²) in [6, 6.07) is 3.42. The molecular formula is C23H34N2O5. The van der Waals surface area contributed by atoms with Crippen LogP contribution >= 0.6 is 0 Å². The van der Waals surface area contributed by atoms with E-state index in [4.69, 9.17) is 4.84 Å². The van der Waals surface area contributed by atoms with E-state index in [2.05, 4.69) is 31.6 Å². The van der Waals surface area contributed by atoms with Gasteiger partial charge in [-0.1, -0.05) is 34.1 Å². The molecule has 166 valence electrons. The van der Waals surface area contributed by atoms with Crippen LogP contribution in [0.25, 0.3) is 0 Å². The van der Waals surface area contributed by atoms with Gasteiger partial charge in [0.05, 0.1) is 7.11 Å². The number of carbonyl (C=O) groups excluding carboxylic acids is 2. The lowest BCUT2D eigenvalue weighted by Gasteiger charge is -2.60. The molecule has 7 heteroatoms. The summed E-state index contributed by atoms with van der Waals surface area (Å²) >= 11 is 0. The molecule has 0 aliphatic heterocycles. The van der Waals surface area contributed by atoms with Crippen LogP contribution in [0, 0.1) is 28.6 Å². The van der Waals surface area contributed by atoms with E-state index < -0.39 is 6.03 Å². The van der Waals surface area contributed by atoms with E-state index in [1.807, 2.05) is 6.92 Å². The van der Waals surface area contributed by atoms with Crippen LogP contribution in [0.5, 0.6) is 11.5 Å². The third-order valence-corrected chi connectivity index (χ3v) is 7.62. The molecule has 0 aromatic heterocycles. The van der Waals surface area contributed by atoms with Crippen molar-refractivity contribution in [3.05, 3.63) is 23.8 Å². The van der Waals surface area contributed by atoms with Crippen molar-refractivity contribution in [2.75, 3.05) is 7.11 Å². The molecule has 5 atom stereocenters. The van der Waals surface area contributed by atoms with Gasteiger partial charge < -0.3 is 15.5 Å². The molecule has 2 aliphatic rings. The van der Waals surface area contributed by atoms with Gasteiger partial charge in [-0.05, 0) is 54.1 Å². The molecule has 0 saturated heterocycles. The molecule has 0 unspecified atom stereocenters. The van der Waals surface area contributed by atoms with Gasteiger partial charge in [0.1, 0.15) is 11.5 Å². The maximum Gasteiger partial charge on any atom is 0.338 e. The van der Waals surface area contributed by atoms with Crippen molar-refractivity contribution in [1.82, 2.24) is 10.8 Å². The number of fused-ring (bicyclic) bond motifs is 1. The highest BCUT2D eigenvalue weighted by Gasteiger charge is 2.58. The molecule has 2 aliphatic carbocycles. The smallest absolute Gasteiger partial charge is 0.338 e. The van der Waals surface area contributed by atoms with Gasteiger partial charge in [0.2, 0.25) is 0 Å². The standard InChI is InChI=1S/C23H34N2O5/c1-13-17(24-21(29)25-30-5)12-18-22(2,3)7-6-8-23(18,4)19(13)20(28)14-9-15(26)11-16(27)10-14/h9-11,13,17-19,26-27H,6-8,12H2,1-5H3,(H2,24,25,29)/t13-,17-,18+,19-,23+/m1/s1. The summed E-state index contributed by atoms with van der Waals surface area (Å²) in [4.78, 5) is 30.7. The molecule has 0 bridgehead atoms. The van der Waals surface area contributed by atoms with E-state index in [0.29, 0.717) is 5.56 Å². The first kappa shape index (κ1) is 22.4. The molecule has 2 amide bonds. The van der Waals surface area contributed by atoms with Crippen molar-refractivity contribution in [3.8, 4) is 11.5 Å². The Hall–Kier alpha value is -2.28. The third kappa shape index (κ3) is 4.00. The Morgan fingerprint density at radius 2 is 1.73 bits per heavy atom. The van der Waals surface area contributed by atoms with Gasteiger partial charge in [-0.2, -0.15) is 0 Å². The quantitative estimate of drug-likeness (QED) is 0.437. The molecule has 0 radical (unpaired) electrons. The van der Waals surface area contributed by atoms with Crippen LogP contribution in [-0.4, -0.2) is 35.2 Å². The normalized spacial score (nSPS) is 32.7. The zero-order chi connectivity index (χ0) is 22.3. The molecule has 2 fully saturated rings. The summed E-state index contributed by atoms with van der Waals surface area (Å²) in [6.45, 7) is 8.70. The fraction of sp³-hybridized carbons (Fsp3) is 0.652. The number of nitrogens with one attached hydrogen (secondary N) is 2. The van der Waals surface area contributed by atoms with Crippen LogP contribution in [0.2, 0.25) is 0 Å². The zero-order valence-corrected chi connectivity index (χ0v) is 18.5. The predicted molar refractivity (Wildman–Crippen MR) is 113 cm³/mol. The first-order valence-corrected chi connectivity index (χ1v) is 10.7. The molecule has 3 rings (SSSR count). The molecule has 0 heterocycles. The van der Waals surface area contributed by atoms with Crippen molar-refractivity contribution >= 4 is 11.8 Å². The van der Waals surface area contributed by atoms with E-state index in [0.717, 1.165) is 25.7 Å². The van der Waals surface area contributed by atoms with Crippen LogP contribution in [0.15, 0.2) is 18.2 Å². The van der Waals surface area contributed by atoms with Crippen molar-refractivity contribution < 1.29 is 24.6 Å². The van der Waals surface area contributed by atoms with Crippen molar-refractivity contribution in [3.63, 3.8) is 0 Å². The lowest BCUT2D eigenvalue weighted by atomic mass is 9.45. The highest BCUT2D eigenvalue weighted by atomic mass is 16.6. The number of hydrogen-bond acceptors (Lipinski definition) is 5. The van der Waals surface area contributed by atoms with Crippen LogP contribution < -0.4 is 10.8 Å². The second-order valence-electron chi connectivity index (χ2n) is 9.96. The minimum atomic E-state index is -0.423. The molecule has 4 N–H and O–H groups in total. The van der Waals surface area contributed by atoms with Gasteiger partial charge in [0, 0.05) is 23.6 Å². The third-order valence-electron chi connectivity index (χ3n) is 7.62. The highest BCUT2D eigenvalue weighted by molar-refractivity contribution is 5.99. The number of amides is 2. The number of phenolic OH excluding ortho intramolecular Hbond substituents is 2. The lowest BCUT2D eigenvalue weighted by Crippen LogP contribution is -2.61. The van der Waals surface area contributed by atoms with Crippen LogP contribution in [0.1, 0.15) is 63.7 Å². The number of aromatic hydroxyl groups is 2. The number of hydroxylamine groups is 1. The average molecular weight is 419 g/mol. The summed E-state index contributed by atoms with van der Waals surface area (Å²) < 4.78 is 0. The van der Waals surface area contributed by atoms with Crippen molar-refractivity contribution in [1.29, 1.82) is 0 Å². The Bertz CT molecular complexity index is 804. The van der Waals surface area contributed by atoms with Gasteiger partial charge in [-0.3, -0.25) is 9.63 Å². The van der Waals surface area contributed by atoms with E-state index in [-0.39, 0.29) is 51.9 Å². The molecule has 1 aromatic carbocycles. The summed E-state index contributed by atoms with van der Waals surface area (Å²) in [5, 5.41) is 22.8. The molecule has 7 nitrogen and oxygen atoms in total. The van der Waals surface area contributed by atoms with Gasteiger partial charge >= 0.3 is 6.03 Å². The van der Waals surface area contributed by atoms with E-state index in [1.165, 1.54) is 25.3 Å². The van der Waals surface area contributed by atoms with E-state index >= 15 is 0 Å². The van der Waals surface area contributed by atoms with E-state index in [9.17, 15) is 19.8 Å². The van der Waals surface area contributed by atoms with Crippen LogP contribution in [-0.2, 0) is 4.84 Å². The predicted octanol–water partition coefficient (Wildman–Crippen LogP) is 4.00. The summed E-state index contributed by atoms with van der Waals surface area (Å²) in [5.74, 6) is -0.618. The van der Waals surface area contributed by atoms with E-state index in [1.54, 1.807) is 0 Å². The number of urea groups is 1. The van der Waals surface area contributed by atoms with Gasteiger partial charge in [-0.15, -0.1) is 0 Å². The average Bonchev–Trinajstić information content (AvgIpc) is 2.62. The number of benzene rings is 1. The number of rotatable bonds is 4.